The maximum absolute atomic E-state index is 13.1. The van der Waals surface area contributed by atoms with Gasteiger partial charge in [-0.25, -0.2) is 4.98 Å². The summed E-state index contributed by atoms with van der Waals surface area (Å²) in [6.45, 7) is 7.58. The van der Waals surface area contributed by atoms with Crippen molar-refractivity contribution in [2.45, 2.75) is 39.2 Å². The number of carbonyl (C=O) groups is 1. The Balaban J connectivity index is 1.76. The molecule has 0 saturated heterocycles. The molecule has 0 aliphatic carbocycles. The fourth-order valence-corrected chi connectivity index (χ4v) is 3.51. The van der Waals surface area contributed by atoms with Gasteiger partial charge in [0.15, 0.2) is 0 Å². The smallest absolute Gasteiger partial charge is 0.262 e. The highest BCUT2D eigenvalue weighted by atomic mass is 16.2. The average Bonchev–Trinajstić information content (AvgIpc) is 2.67. The minimum absolute atomic E-state index is 0.0348. The summed E-state index contributed by atoms with van der Waals surface area (Å²) in [6.07, 6.45) is 0.735. The van der Waals surface area contributed by atoms with E-state index in [0.717, 1.165) is 6.42 Å². The molecule has 0 radical (unpaired) electrons. The van der Waals surface area contributed by atoms with Gasteiger partial charge in [0.1, 0.15) is 0 Å². The topological polar surface area (TPSA) is 55.2 Å². The normalized spacial score (nSPS) is 14.3. The summed E-state index contributed by atoms with van der Waals surface area (Å²) in [6, 6.07) is 15.0. The summed E-state index contributed by atoms with van der Waals surface area (Å²) < 4.78 is 1.62. The number of nitrogens with zero attached hydrogens (tertiary/aromatic N) is 3. The number of aromatic nitrogens is 2. The van der Waals surface area contributed by atoms with Gasteiger partial charge in [0.25, 0.3) is 11.5 Å². The van der Waals surface area contributed by atoms with Crippen LogP contribution in [0.1, 0.15) is 43.1 Å². The molecule has 27 heavy (non-hydrogen) atoms. The highest BCUT2D eigenvalue weighted by Gasteiger charge is 2.27. The number of anilines is 1. The Labute approximate surface area is 158 Å². The van der Waals surface area contributed by atoms with Crippen LogP contribution in [-0.2, 0) is 12.0 Å². The van der Waals surface area contributed by atoms with Crippen molar-refractivity contribution in [1.82, 2.24) is 9.55 Å². The number of para-hydroxylation sites is 1. The second kappa shape index (κ2) is 6.34. The Morgan fingerprint density at radius 3 is 2.41 bits per heavy atom. The summed E-state index contributed by atoms with van der Waals surface area (Å²) in [5, 5.41) is 0.588. The van der Waals surface area contributed by atoms with Crippen LogP contribution in [0.4, 0.5) is 5.95 Å². The zero-order valence-electron chi connectivity index (χ0n) is 15.9. The third kappa shape index (κ3) is 3.03. The number of hydrogen-bond donors (Lipinski definition) is 0. The summed E-state index contributed by atoms with van der Waals surface area (Å²) >= 11 is 0. The molecule has 0 unspecified atom stereocenters. The fraction of sp³-hybridized carbons (Fsp3) is 0.318. The lowest BCUT2D eigenvalue weighted by Gasteiger charge is -2.29. The van der Waals surface area contributed by atoms with Gasteiger partial charge < -0.3 is 0 Å². The molecule has 3 aromatic rings. The molecule has 5 heteroatoms. The van der Waals surface area contributed by atoms with Gasteiger partial charge in [-0.2, -0.15) is 0 Å². The van der Waals surface area contributed by atoms with Gasteiger partial charge in [0.2, 0.25) is 5.95 Å². The Hall–Kier alpha value is -2.95. The van der Waals surface area contributed by atoms with Gasteiger partial charge in [-0.3, -0.25) is 19.1 Å². The van der Waals surface area contributed by atoms with E-state index >= 15 is 0 Å². The molecular weight excluding hydrogens is 338 g/mol. The van der Waals surface area contributed by atoms with E-state index in [9.17, 15) is 9.59 Å². The van der Waals surface area contributed by atoms with Gasteiger partial charge >= 0.3 is 0 Å². The van der Waals surface area contributed by atoms with Crippen molar-refractivity contribution in [3.8, 4) is 0 Å². The molecule has 0 saturated carbocycles. The second-order valence-corrected chi connectivity index (χ2v) is 8.02. The van der Waals surface area contributed by atoms with Crippen LogP contribution in [-0.4, -0.2) is 22.0 Å². The van der Waals surface area contributed by atoms with Crippen LogP contribution < -0.4 is 10.5 Å². The van der Waals surface area contributed by atoms with E-state index in [4.69, 9.17) is 0 Å². The van der Waals surface area contributed by atoms with Gasteiger partial charge in [-0.05, 0) is 41.7 Å². The molecule has 138 valence electrons. The van der Waals surface area contributed by atoms with Crippen molar-refractivity contribution >= 4 is 22.8 Å². The molecule has 1 aliphatic rings. The van der Waals surface area contributed by atoms with Crippen LogP contribution in [0.5, 0.6) is 0 Å². The van der Waals surface area contributed by atoms with Crippen LogP contribution in [0.25, 0.3) is 10.9 Å². The molecule has 0 bridgehead atoms. The van der Waals surface area contributed by atoms with Gasteiger partial charge in [-0.1, -0.05) is 45.0 Å². The Morgan fingerprint density at radius 2 is 1.70 bits per heavy atom. The van der Waals surface area contributed by atoms with E-state index in [1.807, 2.05) is 42.5 Å². The monoisotopic (exact) mass is 361 g/mol. The van der Waals surface area contributed by atoms with E-state index in [1.165, 1.54) is 5.56 Å². The highest BCUT2D eigenvalue weighted by Crippen LogP contribution is 2.25. The predicted molar refractivity (Wildman–Crippen MR) is 107 cm³/mol. The largest absolute Gasteiger partial charge is 0.278 e. The van der Waals surface area contributed by atoms with Gasteiger partial charge in [0.05, 0.1) is 10.9 Å². The minimum atomic E-state index is -0.119. The van der Waals surface area contributed by atoms with Crippen molar-refractivity contribution < 1.29 is 4.79 Å². The average molecular weight is 361 g/mol. The molecule has 2 heterocycles. The van der Waals surface area contributed by atoms with Crippen LogP contribution in [0.2, 0.25) is 0 Å². The van der Waals surface area contributed by atoms with E-state index in [0.29, 0.717) is 35.5 Å². The maximum atomic E-state index is 13.1. The SMILES string of the molecule is CC(C)(C)c1ccc(C(=O)N2CCCn3c2nc2ccccc2c3=O)cc1. The van der Waals surface area contributed by atoms with Crippen molar-refractivity contribution in [3.05, 3.63) is 70.0 Å². The van der Waals surface area contributed by atoms with Crippen molar-refractivity contribution in [2.75, 3.05) is 11.4 Å². The minimum Gasteiger partial charge on any atom is -0.278 e. The molecule has 2 aromatic carbocycles. The first kappa shape index (κ1) is 17.5. The first-order valence-electron chi connectivity index (χ1n) is 9.28. The van der Waals surface area contributed by atoms with Crippen LogP contribution in [0, 0.1) is 0 Å². The standard InChI is InChI=1S/C22H23N3O2/c1-22(2,3)16-11-9-15(10-12-16)19(26)24-13-6-14-25-20(27)17-7-4-5-8-18(17)23-21(24)25/h4-5,7-12H,6,13-14H2,1-3H3. The highest BCUT2D eigenvalue weighted by molar-refractivity contribution is 6.05. The predicted octanol–water partition coefficient (Wildman–Crippen LogP) is 3.74. The molecule has 1 aliphatic heterocycles. The molecule has 0 fully saturated rings. The molecule has 1 amide bonds. The summed E-state index contributed by atoms with van der Waals surface area (Å²) in [5.74, 6) is 0.320. The number of rotatable bonds is 1. The molecule has 1 aromatic heterocycles. The quantitative estimate of drug-likeness (QED) is 0.663. The molecule has 0 spiro atoms. The summed E-state index contributed by atoms with van der Waals surface area (Å²) in [4.78, 5) is 32.2. The number of benzene rings is 2. The number of amides is 1. The Bertz CT molecular complexity index is 1080. The van der Waals surface area contributed by atoms with Crippen LogP contribution in [0.3, 0.4) is 0 Å². The number of hydrogen-bond acceptors (Lipinski definition) is 3. The van der Waals surface area contributed by atoms with Crippen molar-refractivity contribution in [3.63, 3.8) is 0 Å². The number of carbonyl (C=O) groups excluding carboxylic acids is 1. The van der Waals surface area contributed by atoms with Crippen molar-refractivity contribution in [2.24, 2.45) is 0 Å². The fourth-order valence-electron chi connectivity index (χ4n) is 3.51. The zero-order chi connectivity index (χ0) is 19.2. The summed E-state index contributed by atoms with van der Waals surface area (Å²) in [5.41, 5.74) is 2.36. The third-order valence-corrected chi connectivity index (χ3v) is 5.09. The lowest BCUT2D eigenvalue weighted by molar-refractivity contribution is 0.0980. The molecule has 5 nitrogen and oxygen atoms in total. The van der Waals surface area contributed by atoms with E-state index in [2.05, 4.69) is 25.8 Å². The number of fused-ring (bicyclic) bond motifs is 2. The van der Waals surface area contributed by atoms with E-state index < -0.39 is 0 Å². The molecular formula is C22H23N3O2. The van der Waals surface area contributed by atoms with E-state index in [1.54, 1.807) is 15.5 Å². The maximum Gasteiger partial charge on any atom is 0.262 e. The lowest BCUT2D eigenvalue weighted by atomic mass is 9.86. The van der Waals surface area contributed by atoms with E-state index in [-0.39, 0.29) is 16.9 Å². The molecule has 0 atom stereocenters. The third-order valence-electron chi connectivity index (χ3n) is 5.09. The Morgan fingerprint density at radius 1 is 1.00 bits per heavy atom. The molecule has 4 rings (SSSR count). The van der Waals surface area contributed by atoms with Crippen LogP contribution in [0.15, 0.2) is 53.3 Å². The summed E-state index contributed by atoms with van der Waals surface area (Å²) in [7, 11) is 0. The van der Waals surface area contributed by atoms with Gasteiger partial charge in [-0.15, -0.1) is 0 Å². The molecule has 0 N–H and O–H groups in total. The van der Waals surface area contributed by atoms with Crippen molar-refractivity contribution in [1.29, 1.82) is 0 Å². The Kier molecular flexibility index (Phi) is 4.10. The van der Waals surface area contributed by atoms with Gasteiger partial charge in [0, 0.05) is 18.7 Å². The second-order valence-electron chi connectivity index (χ2n) is 8.02. The lowest BCUT2D eigenvalue weighted by Crippen LogP contribution is -2.42. The first-order chi connectivity index (χ1) is 12.9. The zero-order valence-corrected chi connectivity index (χ0v) is 15.9. The first-order valence-corrected chi connectivity index (χ1v) is 9.28. The van der Waals surface area contributed by atoms with Crippen LogP contribution >= 0.6 is 0 Å².